The van der Waals surface area contributed by atoms with Crippen LogP contribution in [0.5, 0.6) is 0 Å². The van der Waals surface area contributed by atoms with Gasteiger partial charge in [0, 0.05) is 12.6 Å². The molecule has 0 radical (unpaired) electrons. The summed E-state index contributed by atoms with van der Waals surface area (Å²) in [5.41, 5.74) is -0.138. The monoisotopic (exact) mass is 226 g/mol. The molecule has 1 aromatic rings. The zero-order valence-electron chi connectivity index (χ0n) is 9.68. The lowest BCUT2D eigenvalue weighted by Gasteiger charge is -2.23. The Kier molecular flexibility index (Phi) is 3.74. The summed E-state index contributed by atoms with van der Waals surface area (Å²) in [5.74, 6) is 0.00773. The number of hydrogen-bond acceptors (Lipinski definition) is 3. The Balaban J connectivity index is 2.69. The van der Waals surface area contributed by atoms with Gasteiger partial charge in [0.15, 0.2) is 0 Å². The molecular formula is C11H18N2OS. The molecule has 0 spiro atoms. The Bertz CT molecular complexity index is 344. The first-order chi connectivity index (χ1) is 6.98. The molecule has 1 aromatic heterocycles. The van der Waals surface area contributed by atoms with Crippen LogP contribution in [0.15, 0.2) is 12.1 Å². The Labute approximate surface area is 94.9 Å². The van der Waals surface area contributed by atoms with Crippen LogP contribution in [0, 0.1) is 0 Å². The van der Waals surface area contributed by atoms with E-state index in [2.05, 4.69) is 17.6 Å². The van der Waals surface area contributed by atoms with Crippen LogP contribution in [0.3, 0.4) is 0 Å². The summed E-state index contributed by atoms with van der Waals surface area (Å²) >= 11 is 1.47. The van der Waals surface area contributed by atoms with Gasteiger partial charge in [0.25, 0.3) is 5.91 Å². The summed E-state index contributed by atoms with van der Waals surface area (Å²) in [6.07, 6.45) is 0.920. The topological polar surface area (TPSA) is 41.1 Å². The fourth-order valence-electron chi connectivity index (χ4n) is 1.05. The quantitative estimate of drug-likeness (QED) is 0.828. The standard InChI is InChI=1S/C11H18N2OS/c1-5-11(2,3)13-10(14)8-6-7-9(12-4)15-8/h6-7,12H,5H2,1-4H3,(H,13,14). The lowest BCUT2D eigenvalue weighted by Crippen LogP contribution is -2.42. The van der Waals surface area contributed by atoms with E-state index in [-0.39, 0.29) is 11.4 Å². The first kappa shape index (κ1) is 12.0. The van der Waals surface area contributed by atoms with Crippen LogP contribution >= 0.6 is 11.3 Å². The first-order valence-electron chi connectivity index (χ1n) is 5.08. The van der Waals surface area contributed by atoms with E-state index in [1.165, 1.54) is 11.3 Å². The molecular weight excluding hydrogens is 208 g/mol. The van der Waals surface area contributed by atoms with Gasteiger partial charge in [-0.05, 0) is 32.4 Å². The van der Waals surface area contributed by atoms with Crippen molar-refractivity contribution in [1.29, 1.82) is 0 Å². The Hall–Kier alpha value is -1.03. The van der Waals surface area contributed by atoms with Crippen LogP contribution in [-0.2, 0) is 0 Å². The third-order valence-electron chi connectivity index (χ3n) is 2.41. The molecule has 1 heterocycles. The second-order valence-electron chi connectivity index (χ2n) is 4.11. The van der Waals surface area contributed by atoms with Gasteiger partial charge >= 0.3 is 0 Å². The van der Waals surface area contributed by atoms with Gasteiger partial charge < -0.3 is 10.6 Å². The van der Waals surface area contributed by atoms with Crippen molar-refractivity contribution in [3.8, 4) is 0 Å². The van der Waals surface area contributed by atoms with Crippen molar-refractivity contribution >= 4 is 22.2 Å². The Morgan fingerprint density at radius 1 is 1.47 bits per heavy atom. The zero-order valence-corrected chi connectivity index (χ0v) is 10.5. The van der Waals surface area contributed by atoms with E-state index in [4.69, 9.17) is 0 Å². The fourth-order valence-corrected chi connectivity index (χ4v) is 1.81. The smallest absolute Gasteiger partial charge is 0.261 e. The molecule has 0 fully saturated rings. The molecule has 0 saturated carbocycles. The average Bonchev–Trinajstić information content (AvgIpc) is 2.65. The van der Waals surface area contributed by atoms with Crippen LogP contribution in [-0.4, -0.2) is 18.5 Å². The minimum atomic E-state index is -0.138. The molecule has 15 heavy (non-hydrogen) atoms. The zero-order chi connectivity index (χ0) is 11.5. The SMILES string of the molecule is CCC(C)(C)NC(=O)c1ccc(NC)s1. The van der Waals surface area contributed by atoms with Crippen molar-refractivity contribution in [2.75, 3.05) is 12.4 Å². The Morgan fingerprint density at radius 3 is 2.60 bits per heavy atom. The van der Waals surface area contributed by atoms with Gasteiger partial charge in [-0.3, -0.25) is 4.79 Å². The van der Waals surface area contributed by atoms with E-state index in [0.29, 0.717) is 0 Å². The highest BCUT2D eigenvalue weighted by molar-refractivity contribution is 7.17. The molecule has 84 valence electrons. The number of carbonyl (C=O) groups excluding carboxylic acids is 1. The maximum atomic E-state index is 11.8. The van der Waals surface area contributed by atoms with Crippen molar-refractivity contribution in [3.63, 3.8) is 0 Å². The van der Waals surface area contributed by atoms with Crippen molar-refractivity contribution in [1.82, 2.24) is 5.32 Å². The van der Waals surface area contributed by atoms with E-state index in [0.717, 1.165) is 16.3 Å². The predicted octanol–water partition coefficient (Wildman–Crippen LogP) is 2.71. The number of thiophene rings is 1. The summed E-state index contributed by atoms with van der Waals surface area (Å²) in [6, 6.07) is 3.76. The normalized spacial score (nSPS) is 11.2. The van der Waals surface area contributed by atoms with Crippen LogP contribution in [0.1, 0.15) is 36.9 Å². The van der Waals surface area contributed by atoms with Crippen molar-refractivity contribution < 1.29 is 4.79 Å². The minimum absolute atomic E-state index is 0.00773. The van der Waals surface area contributed by atoms with Gasteiger partial charge in [-0.15, -0.1) is 11.3 Å². The number of amides is 1. The van der Waals surface area contributed by atoms with Crippen LogP contribution in [0.25, 0.3) is 0 Å². The van der Waals surface area contributed by atoms with Gasteiger partial charge in [0.2, 0.25) is 0 Å². The molecule has 0 aromatic carbocycles. The molecule has 1 amide bonds. The highest BCUT2D eigenvalue weighted by atomic mass is 32.1. The molecule has 3 nitrogen and oxygen atoms in total. The highest BCUT2D eigenvalue weighted by Gasteiger charge is 2.19. The summed E-state index contributed by atoms with van der Waals surface area (Å²) in [5, 5.41) is 7.03. The number of carbonyl (C=O) groups is 1. The van der Waals surface area contributed by atoms with Gasteiger partial charge in [-0.25, -0.2) is 0 Å². The van der Waals surface area contributed by atoms with Gasteiger partial charge in [0.05, 0.1) is 9.88 Å². The summed E-state index contributed by atoms with van der Waals surface area (Å²) in [7, 11) is 1.85. The number of hydrogen-bond donors (Lipinski definition) is 2. The lowest BCUT2D eigenvalue weighted by atomic mass is 10.0. The van der Waals surface area contributed by atoms with Gasteiger partial charge in [0.1, 0.15) is 0 Å². The Morgan fingerprint density at radius 2 is 2.13 bits per heavy atom. The molecule has 0 aliphatic rings. The largest absolute Gasteiger partial charge is 0.380 e. The van der Waals surface area contributed by atoms with Crippen LogP contribution in [0.4, 0.5) is 5.00 Å². The summed E-state index contributed by atoms with van der Waals surface area (Å²) in [6.45, 7) is 6.11. The molecule has 0 bridgehead atoms. The van der Waals surface area contributed by atoms with Crippen molar-refractivity contribution in [2.24, 2.45) is 0 Å². The van der Waals surface area contributed by atoms with E-state index in [1.807, 2.05) is 33.0 Å². The second-order valence-corrected chi connectivity index (χ2v) is 5.19. The highest BCUT2D eigenvalue weighted by Crippen LogP contribution is 2.21. The summed E-state index contributed by atoms with van der Waals surface area (Å²) < 4.78 is 0. The average molecular weight is 226 g/mol. The first-order valence-corrected chi connectivity index (χ1v) is 5.90. The van der Waals surface area contributed by atoms with Crippen molar-refractivity contribution in [2.45, 2.75) is 32.7 Å². The second kappa shape index (κ2) is 4.66. The summed E-state index contributed by atoms with van der Waals surface area (Å²) in [4.78, 5) is 12.6. The number of rotatable bonds is 4. The van der Waals surface area contributed by atoms with Crippen LogP contribution < -0.4 is 10.6 Å². The molecule has 0 unspecified atom stereocenters. The molecule has 0 atom stereocenters. The van der Waals surface area contributed by atoms with E-state index in [9.17, 15) is 4.79 Å². The maximum Gasteiger partial charge on any atom is 0.261 e. The minimum Gasteiger partial charge on any atom is -0.380 e. The van der Waals surface area contributed by atoms with Gasteiger partial charge in [-0.2, -0.15) is 0 Å². The molecule has 0 aliphatic carbocycles. The van der Waals surface area contributed by atoms with Gasteiger partial charge in [-0.1, -0.05) is 6.92 Å². The molecule has 0 saturated heterocycles. The lowest BCUT2D eigenvalue weighted by molar-refractivity contribution is 0.0915. The van der Waals surface area contributed by atoms with E-state index >= 15 is 0 Å². The van der Waals surface area contributed by atoms with Crippen molar-refractivity contribution in [3.05, 3.63) is 17.0 Å². The maximum absolute atomic E-state index is 11.8. The fraction of sp³-hybridized carbons (Fsp3) is 0.545. The van der Waals surface area contributed by atoms with Crippen LogP contribution in [0.2, 0.25) is 0 Å². The van der Waals surface area contributed by atoms with E-state index in [1.54, 1.807) is 0 Å². The predicted molar refractivity (Wildman–Crippen MR) is 65.7 cm³/mol. The number of anilines is 1. The molecule has 2 N–H and O–H groups in total. The molecule has 4 heteroatoms. The van der Waals surface area contributed by atoms with E-state index < -0.39 is 0 Å². The number of nitrogens with one attached hydrogen (secondary N) is 2. The third kappa shape index (κ3) is 3.23. The molecule has 1 rings (SSSR count). The molecule has 0 aliphatic heterocycles. The third-order valence-corrected chi connectivity index (χ3v) is 3.51.